The van der Waals surface area contributed by atoms with Gasteiger partial charge in [-0.2, -0.15) is 0 Å². The van der Waals surface area contributed by atoms with Gasteiger partial charge in [-0.05, 0) is 17.2 Å². The minimum atomic E-state index is -0.180. The van der Waals surface area contributed by atoms with E-state index in [1.165, 1.54) is 12.5 Å². The van der Waals surface area contributed by atoms with Crippen LogP contribution in [0.25, 0.3) is 11.1 Å². The van der Waals surface area contributed by atoms with Crippen molar-refractivity contribution < 1.29 is 5.11 Å². The maximum absolute atomic E-state index is 11.5. The van der Waals surface area contributed by atoms with E-state index in [4.69, 9.17) is 5.11 Å². The fourth-order valence-corrected chi connectivity index (χ4v) is 1.39. The summed E-state index contributed by atoms with van der Waals surface area (Å²) in [5, 5.41) is 8.98. The molecule has 0 aliphatic carbocycles. The highest BCUT2D eigenvalue weighted by molar-refractivity contribution is 5.61. The SMILES string of the molecule is O=c1[nH]cncc1-c1cccc(CO)c1. The van der Waals surface area contributed by atoms with Crippen LogP contribution in [-0.4, -0.2) is 15.1 Å². The highest BCUT2D eigenvalue weighted by Gasteiger charge is 2.02. The van der Waals surface area contributed by atoms with Crippen LogP contribution >= 0.6 is 0 Å². The van der Waals surface area contributed by atoms with E-state index in [2.05, 4.69) is 9.97 Å². The molecule has 0 saturated heterocycles. The summed E-state index contributed by atoms with van der Waals surface area (Å²) in [6.45, 7) is -0.0357. The van der Waals surface area contributed by atoms with E-state index in [0.29, 0.717) is 5.56 Å². The average Bonchev–Trinajstić information content (AvgIpc) is 2.30. The molecule has 0 aliphatic rings. The fourth-order valence-electron chi connectivity index (χ4n) is 1.39. The molecule has 0 fully saturated rings. The predicted molar refractivity (Wildman–Crippen MR) is 56.2 cm³/mol. The van der Waals surface area contributed by atoms with Crippen LogP contribution in [0.3, 0.4) is 0 Å². The van der Waals surface area contributed by atoms with Crippen molar-refractivity contribution in [2.75, 3.05) is 0 Å². The lowest BCUT2D eigenvalue weighted by atomic mass is 10.1. The van der Waals surface area contributed by atoms with Crippen LogP contribution in [0, 0.1) is 0 Å². The molecule has 4 nitrogen and oxygen atoms in total. The molecule has 2 N–H and O–H groups in total. The number of aliphatic hydroxyl groups is 1. The Hall–Kier alpha value is -1.94. The van der Waals surface area contributed by atoms with E-state index in [1.807, 2.05) is 6.07 Å². The van der Waals surface area contributed by atoms with Crippen LogP contribution in [0.5, 0.6) is 0 Å². The molecule has 0 bridgehead atoms. The molecular formula is C11H10N2O2. The number of aliphatic hydroxyl groups excluding tert-OH is 1. The fraction of sp³-hybridized carbons (Fsp3) is 0.0909. The molecule has 2 rings (SSSR count). The Balaban J connectivity index is 2.54. The zero-order chi connectivity index (χ0) is 10.7. The van der Waals surface area contributed by atoms with Crippen molar-refractivity contribution in [3.8, 4) is 11.1 Å². The Morgan fingerprint density at radius 3 is 3.00 bits per heavy atom. The van der Waals surface area contributed by atoms with Crippen LogP contribution in [0.2, 0.25) is 0 Å². The van der Waals surface area contributed by atoms with Crippen LogP contribution < -0.4 is 5.56 Å². The average molecular weight is 202 g/mol. The van der Waals surface area contributed by atoms with Gasteiger partial charge in [-0.1, -0.05) is 18.2 Å². The zero-order valence-electron chi connectivity index (χ0n) is 7.97. The Bertz CT molecular complexity index is 520. The summed E-state index contributed by atoms with van der Waals surface area (Å²) in [4.78, 5) is 17.8. The molecule has 4 heteroatoms. The number of H-pyrrole nitrogens is 1. The lowest BCUT2D eigenvalue weighted by Gasteiger charge is -2.01. The van der Waals surface area contributed by atoms with E-state index in [-0.39, 0.29) is 12.2 Å². The first-order valence-electron chi connectivity index (χ1n) is 4.54. The number of rotatable bonds is 2. The van der Waals surface area contributed by atoms with E-state index in [0.717, 1.165) is 11.1 Å². The monoisotopic (exact) mass is 202 g/mol. The smallest absolute Gasteiger partial charge is 0.258 e. The van der Waals surface area contributed by atoms with Crippen molar-refractivity contribution in [3.05, 3.63) is 52.7 Å². The minimum absolute atomic E-state index is 0.0357. The molecular weight excluding hydrogens is 192 g/mol. The highest BCUT2D eigenvalue weighted by atomic mass is 16.3. The van der Waals surface area contributed by atoms with E-state index >= 15 is 0 Å². The molecule has 1 aromatic carbocycles. The maximum Gasteiger partial charge on any atom is 0.258 e. The predicted octanol–water partition coefficient (Wildman–Crippen LogP) is 0.929. The van der Waals surface area contributed by atoms with Crippen LogP contribution in [0.4, 0.5) is 0 Å². The molecule has 0 aliphatic heterocycles. The molecule has 15 heavy (non-hydrogen) atoms. The minimum Gasteiger partial charge on any atom is -0.392 e. The van der Waals surface area contributed by atoms with Gasteiger partial charge in [0.15, 0.2) is 0 Å². The van der Waals surface area contributed by atoms with E-state index in [9.17, 15) is 4.79 Å². The third kappa shape index (κ3) is 1.94. The van der Waals surface area contributed by atoms with Gasteiger partial charge >= 0.3 is 0 Å². The number of aromatic amines is 1. The first-order chi connectivity index (χ1) is 7.31. The number of hydrogen-bond acceptors (Lipinski definition) is 3. The van der Waals surface area contributed by atoms with Crippen LogP contribution in [0.15, 0.2) is 41.6 Å². The second kappa shape index (κ2) is 4.06. The van der Waals surface area contributed by atoms with Crippen molar-refractivity contribution in [2.45, 2.75) is 6.61 Å². The van der Waals surface area contributed by atoms with Crippen molar-refractivity contribution in [3.63, 3.8) is 0 Å². The summed E-state index contributed by atoms with van der Waals surface area (Å²) in [5.74, 6) is 0. The standard InChI is InChI=1S/C11H10N2O2/c14-6-8-2-1-3-9(4-8)10-5-12-7-13-11(10)15/h1-5,7,14H,6H2,(H,12,13,15). The third-order valence-corrected chi connectivity index (χ3v) is 2.14. The van der Waals surface area contributed by atoms with Gasteiger partial charge in [-0.25, -0.2) is 4.98 Å². The molecule has 0 unspecified atom stereocenters. The van der Waals surface area contributed by atoms with Crippen LogP contribution in [-0.2, 0) is 6.61 Å². The second-order valence-electron chi connectivity index (χ2n) is 3.15. The first kappa shape index (κ1) is 9.61. The van der Waals surface area contributed by atoms with Gasteiger partial charge in [0.1, 0.15) is 0 Å². The lowest BCUT2D eigenvalue weighted by molar-refractivity contribution is 0.282. The molecule has 0 amide bonds. The zero-order valence-corrected chi connectivity index (χ0v) is 7.97. The highest BCUT2D eigenvalue weighted by Crippen LogP contribution is 2.15. The van der Waals surface area contributed by atoms with E-state index < -0.39 is 0 Å². The first-order valence-corrected chi connectivity index (χ1v) is 4.54. The number of nitrogens with zero attached hydrogens (tertiary/aromatic N) is 1. The van der Waals surface area contributed by atoms with Gasteiger partial charge in [-0.3, -0.25) is 4.79 Å². The van der Waals surface area contributed by atoms with Crippen molar-refractivity contribution in [2.24, 2.45) is 0 Å². The summed E-state index contributed by atoms with van der Waals surface area (Å²) >= 11 is 0. The second-order valence-corrected chi connectivity index (χ2v) is 3.15. The lowest BCUT2D eigenvalue weighted by Crippen LogP contribution is -2.08. The molecule has 0 spiro atoms. The Morgan fingerprint density at radius 2 is 2.27 bits per heavy atom. The summed E-state index contributed by atoms with van der Waals surface area (Å²) < 4.78 is 0. The van der Waals surface area contributed by atoms with Crippen LogP contribution in [0.1, 0.15) is 5.56 Å². The van der Waals surface area contributed by atoms with E-state index in [1.54, 1.807) is 18.2 Å². The molecule has 0 saturated carbocycles. The van der Waals surface area contributed by atoms with Gasteiger partial charge in [-0.15, -0.1) is 0 Å². The largest absolute Gasteiger partial charge is 0.392 e. The Kier molecular flexibility index (Phi) is 2.60. The van der Waals surface area contributed by atoms with Gasteiger partial charge < -0.3 is 10.1 Å². The van der Waals surface area contributed by atoms with Crippen molar-refractivity contribution >= 4 is 0 Å². The quantitative estimate of drug-likeness (QED) is 0.761. The van der Waals surface area contributed by atoms with Gasteiger partial charge in [0.05, 0.1) is 18.5 Å². The number of nitrogens with one attached hydrogen (secondary N) is 1. The molecule has 1 heterocycles. The van der Waals surface area contributed by atoms with Gasteiger partial charge in [0, 0.05) is 6.20 Å². The Labute approximate surface area is 86.2 Å². The number of hydrogen-bond donors (Lipinski definition) is 2. The van der Waals surface area contributed by atoms with Gasteiger partial charge in [0.2, 0.25) is 0 Å². The maximum atomic E-state index is 11.5. The number of benzene rings is 1. The third-order valence-electron chi connectivity index (χ3n) is 2.14. The topological polar surface area (TPSA) is 66.0 Å². The van der Waals surface area contributed by atoms with Crippen molar-refractivity contribution in [1.29, 1.82) is 0 Å². The molecule has 0 radical (unpaired) electrons. The van der Waals surface area contributed by atoms with Gasteiger partial charge in [0.25, 0.3) is 5.56 Å². The molecule has 76 valence electrons. The Morgan fingerprint density at radius 1 is 1.40 bits per heavy atom. The summed E-state index contributed by atoms with van der Waals surface area (Å²) in [6.07, 6.45) is 2.86. The normalized spacial score (nSPS) is 10.2. The molecule has 2 aromatic rings. The summed E-state index contributed by atoms with van der Waals surface area (Å²) in [7, 11) is 0. The number of aromatic nitrogens is 2. The van der Waals surface area contributed by atoms with Crippen molar-refractivity contribution in [1.82, 2.24) is 9.97 Å². The summed E-state index contributed by atoms with van der Waals surface area (Å²) in [6, 6.07) is 7.18. The molecule has 1 aromatic heterocycles. The molecule has 0 atom stereocenters. The summed E-state index contributed by atoms with van der Waals surface area (Å²) in [5.41, 5.74) is 1.86.